The Bertz CT molecular complexity index is 1290. The monoisotopic (exact) mass is 576 g/mol. The molecule has 0 fully saturated rings. The molecular formula is C29H41BrN2O5. The van der Waals surface area contributed by atoms with Gasteiger partial charge in [0.05, 0.1) is 22.0 Å². The minimum atomic E-state index is -0.894. The van der Waals surface area contributed by atoms with Crippen molar-refractivity contribution in [2.24, 2.45) is 0 Å². The third-order valence-electron chi connectivity index (χ3n) is 6.72. The first kappa shape index (κ1) is 29.1. The summed E-state index contributed by atoms with van der Waals surface area (Å²) in [6, 6.07) is 3.45. The summed E-state index contributed by atoms with van der Waals surface area (Å²) in [6.45, 7) is 7.86. The van der Waals surface area contributed by atoms with Gasteiger partial charge in [-0.1, -0.05) is 67.3 Å². The zero-order valence-corrected chi connectivity index (χ0v) is 24.2. The SMILES string of the molecule is Cc1c(N)c2c3oc(C(=O)OC(C)(C)C)c(O)c(=O)c3ccc2n1CCCCCCCCCCCCBr. The Morgan fingerprint density at radius 1 is 1.03 bits per heavy atom. The van der Waals surface area contributed by atoms with E-state index in [0.717, 1.165) is 35.9 Å². The molecule has 0 aliphatic rings. The fourth-order valence-corrected chi connectivity index (χ4v) is 5.16. The van der Waals surface area contributed by atoms with Gasteiger partial charge in [0.2, 0.25) is 11.2 Å². The number of ether oxygens (including phenoxy) is 1. The number of unbranched alkanes of at least 4 members (excludes halogenated alkanes) is 9. The molecule has 3 aromatic rings. The minimum absolute atomic E-state index is 0.174. The van der Waals surface area contributed by atoms with E-state index in [0.29, 0.717) is 11.1 Å². The molecule has 0 saturated carbocycles. The van der Waals surface area contributed by atoms with Crippen molar-refractivity contribution in [3.63, 3.8) is 0 Å². The third kappa shape index (κ3) is 7.09. The Labute approximate surface area is 227 Å². The molecule has 1 aromatic carbocycles. The van der Waals surface area contributed by atoms with Crippen molar-refractivity contribution in [1.82, 2.24) is 4.57 Å². The van der Waals surface area contributed by atoms with Crippen LogP contribution in [0.3, 0.4) is 0 Å². The van der Waals surface area contributed by atoms with E-state index >= 15 is 0 Å². The first-order valence-electron chi connectivity index (χ1n) is 13.4. The van der Waals surface area contributed by atoms with Crippen LogP contribution in [-0.2, 0) is 11.3 Å². The van der Waals surface area contributed by atoms with Gasteiger partial charge in [-0.3, -0.25) is 4.79 Å². The number of carbonyl (C=O) groups is 1. The Morgan fingerprint density at radius 3 is 2.16 bits per heavy atom. The number of nitrogen functional groups attached to an aromatic ring is 1. The maximum atomic E-state index is 12.9. The topological polar surface area (TPSA) is 108 Å². The van der Waals surface area contributed by atoms with E-state index in [1.807, 2.05) is 13.0 Å². The van der Waals surface area contributed by atoms with Crippen molar-refractivity contribution in [2.75, 3.05) is 11.1 Å². The van der Waals surface area contributed by atoms with Crippen molar-refractivity contribution in [2.45, 2.75) is 104 Å². The molecule has 7 nitrogen and oxygen atoms in total. The molecule has 0 aliphatic heterocycles. The zero-order chi connectivity index (χ0) is 27.2. The van der Waals surface area contributed by atoms with E-state index in [1.54, 1.807) is 26.8 Å². The number of halogens is 1. The normalized spacial score (nSPS) is 12.0. The van der Waals surface area contributed by atoms with Gasteiger partial charge in [-0.2, -0.15) is 0 Å². The number of carbonyl (C=O) groups excluding carboxylic acids is 1. The number of anilines is 1. The predicted molar refractivity (Wildman–Crippen MR) is 154 cm³/mol. The summed E-state index contributed by atoms with van der Waals surface area (Å²) in [5.41, 5.74) is 7.42. The van der Waals surface area contributed by atoms with Gasteiger partial charge in [0.25, 0.3) is 5.76 Å². The number of hydrogen-bond acceptors (Lipinski definition) is 6. The summed E-state index contributed by atoms with van der Waals surface area (Å²) in [6.07, 6.45) is 12.5. The molecule has 0 bridgehead atoms. The lowest BCUT2D eigenvalue weighted by molar-refractivity contribution is 0.00322. The highest BCUT2D eigenvalue weighted by molar-refractivity contribution is 9.09. The van der Waals surface area contributed by atoms with Crippen LogP contribution in [0.1, 0.15) is 101 Å². The molecule has 0 aliphatic carbocycles. The molecule has 37 heavy (non-hydrogen) atoms. The minimum Gasteiger partial charge on any atom is -0.501 e. The lowest BCUT2D eigenvalue weighted by atomic mass is 10.1. The summed E-state index contributed by atoms with van der Waals surface area (Å²) in [5.74, 6) is -2.16. The molecule has 204 valence electrons. The second-order valence-corrected chi connectivity index (χ2v) is 11.6. The number of nitrogens with zero attached hydrogens (tertiary/aromatic N) is 1. The van der Waals surface area contributed by atoms with Crippen molar-refractivity contribution in [3.05, 3.63) is 33.8 Å². The highest BCUT2D eigenvalue weighted by Crippen LogP contribution is 2.36. The molecule has 0 radical (unpaired) electrons. The Balaban J connectivity index is 1.74. The van der Waals surface area contributed by atoms with Gasteiger partial charge in [0.15, 0.2) is 5.58 Å². The number of fused-ring (bicyclic) bond motifs is 3. The summed E-state index contributed by atoms with van der Waals surface area (Å²) < 4.78 is 13.3. The number of aromatic hydroxyl groups is 1. The van der Waals surface area contributed by atoms with Gasteiger partial charge >= 0.3 is 5.97 Å². The highest BCUT2D eigenvalue weighted by Gasteiger charge is 2.27. The number of aryl methyl sites for hydroxylation is 1. The van der Waals surface area contributed by atoms with Gasteiger partial charge in [0, 0.05) is 17.6 Å². The number of nitrogens with two attached hydrogens (primary N) is 1. The highest BCUT2D eigenvalue weighted by atomic mass is 79.9. The van der Waals surface area contributed by atoms with Gasteiger partial charge in [-0.15, -0.1) is 0 Å². The molecular weight excluding hydrogens is 536 g/mol. The standard InChI is InChI=1S/C29H41BrN2O5/c1-19-23(31)22-21(32(19)18-14-12-10-8-6-5-7-9-11-13-17-30)16-15-20-24(33)25(34)27(36-26(20)22)28(35)37-29(2,3)4/h15-16,34H,5-14,17-18,31H2,1-4H3. The van der Waals surface area contributed by atoms with Crippen molar-refractivity contribution < 1.29 is 19.1 Å². The summed E-state index contributed by atoms with van der Waals surface area (Å²) in [7, 11) is 0. The van der Waals surface area contributed by atoms with Crippen LogP contribution in [0.5, 0.6) is 5.75 Å². The van der Waals surface area contributed by atoms with Crippen LogP contribution >= 0.6 is 15.9 Å². The van der Waals surface area contributed by atoms with E-state index in [4.69, 9.17) is 14.9 Å². The van der Waals surface area contributed by atoms with Crippen LogP contribution in [-0.4, -0.2) is 26.6 Å². The van der Waals surface area contributed by atoms with Crippen LogP contribution < -0.4 is 11.2 Å². The van der Waals surface area contributed by atoms with E-state index in [-0.39, 0.29) is 11.0 Å². The molecule has 8 heteroatoms. The lowest BCUT2D eigenvalue weighted by Gasteiger charge is -2.19. The maximum absolute atomic E-state index is 12.9. The van der Waals surface area contributed by atoms with E-state index < -0.39 is 28.5 Å². The number of esters is 1. The van der Waals surface area contributed by atoms with Crippen LogP contribution in [0, 0.1) is 6.92 Å². The number of hydrogen-bond donors (Lipinski definition) is 2. The van der Waals surface area contributed by atoms with Crippen LogP contribution in [0.2, 0.25) is 0 Å². The predicted octanol–water partition coefficient (Wildman–Crippen LogP) is 7.60. The third-order valence-corrected chi connectivity index (χ3v) is 7.28. The van der Waals surface area contributed by atoms with Gasteiger partial charge in [-0.05, 0) is 52.7 Å². The van der Waals surface area contributed by atoms with Gasteiger partial charge in [0.1, 0.15) is 5.60 Å². The largest absolute Gasteiger partial charge is 0.501 e. The van der Waals surface area contributed by atoms with Crippen LogP contribution in [0.4, 0.5) is 5.69 Å². The molecule has 3 rings (SSSR count). The van der Waals surface area contributed by atoms with Gasteiger partial charge in [-0.25, -0.2) is 4.79 Å². The quantitative estimate of drug-likeness (QED) is 0.123. The Hall–Kier alpha value is -2.48. The van der Waals surface area contributed by atoms with E-state index in [1.165, 1.54) is 51.4 Å². The molecule has 2 aromatic heterocycles. The summed E-state index contributed by atoms with van der Waals surface area (Å²) in [5, 5.41) is 12.2. The van der Waals surface area contributed by atoms with Crippen LogP contribution in [0.25, 0.3) is 21.9 Å². The molecule has 0 spiro atoms. The van der Waals surface area contributed by atoms with Crippen molar-refractivity contribution in [3.8, 4) is 5.75 Å². The Kier molecular flexibility index (Phi) is 10.1. The molecule has 3 N–H and O–H groups in total. The lowest BCUT2D eigenvalue weighted by Crippen LogP contribution is -2.24. The molecule has 2 heterocycles. The zero-order valence-electron chi connectivity index (χ0n) is 22.6. The number of alkyl halides is 1. The fraction of sp³-hybridized carbons (Fsp3) is 0.586. The van der Waals surface area contributed by atoms with E-state index in [9.17, 15) is 14.7 Å². The second kappa shape index (κ2) is 12.9. The summed E-state index contributed by atoms with van der Waals surface area (Å²) in [4.78, 5) is 25.5. The first-order valence-corrected chi connectivity index (χ1v) is 14.5. The van der Waals surface area contributed by atoms with Crippen molar-refractivity contribution in [1.29, 1.82) is 0 Å². The van der Waals surface area contributed by atoms with Crippen LogP contribution in [0.15, 0.2) is 21.3 Å². The second-order valence-electron chi connectivity index (χ2n) is 10.8. The number of benzene rings is 1. The van der Waals surface area contributed by atoms with E-state index in [2.05, 4.69) is 20.5 Å². The average Bonchev–Trinajstić information content (AvgIpc) is 3.08. The fourth-order valence-electron chi connectivity index (χ4n) is 4.76. The summed E-state index contributed by atoms with van der Waals surface area (Å²) >= 11 is 3.48. The average molecular weight is 578 g/mol. The molecule has 0 atom stereocenters. The molecule has 0 unspecified atom stereocenters. The number of rotatable bonds is 13. The maximum Gasteiger partial charge on any atom is 0.378 e. The van der Waals surface area contributed by atoms with Gasteiger partial charge < -0.3 is 24.6 Å². The molecule has 0 saturated heterocycles. The molecule has 0 amide bonds. The smallest absolute Gasteiger partial charge is 0.378 e. The number of aromatic nitrogens is 1. The Morgan fingerprint density at radius 2 is 1.59 bits per heavy atom. The van der Waals surface area contributed by atoms with Crippen molar-refractivity contribution >= 4 is 49.5 Å². The first-order chi connectivity index (χ1) is 17.6.